The number of likely N-dealkylation sites (N-methyl/N-ethyl adjacent to an activating group) is 1. The average Bonchev–Trinajstić information content (AvgIpc) is 3.61. The van der Waals surface area contributed by atoms with E-state index in [4.69, 9.17) is 19.7 Å². The van der Waals surface area contributed by atoms with Gasteiger partial charge in [-0.05, 0) is 57.4 Å². The summed E-state index contributed by atoms with van der Waals surface area (Å²) in [6.07, 6.45) is 1.00. The van der Waals surface area contributed by atoms with Gasteiger partial charge in [0.15, 0.2) is 11.6 Å². The molecule has 4 bridgehead atoms. The molecule has 0 atom stereocenters. The highest BCUT2D eigenvalue weighted by Crippen LogP contribution is 2.38. The second kappa shape index (κ2) is 19.2. The lowest BCUT2D eigenvalue weighted by Crippen LogP contribution is -2.38. The fourth-order valence-electron chi connectivity index (χ4n) is 5.48. The van der Waals surface area contributed by atoms with Crippen LogP contribution in [0.25, 0.3) is 17.1 Å². The molecule has 0 unspecified atom stereocenters. The molecule has 0 saturated carbocycles. The predicted molar refractivity (Wildman–Crippen MR) is 197 cm³/mol. The van der Waals surface area contributed by atoms with Gasteiger partial charge in [-0.25, -0.2) is 28.4 Å². The van der Waals surface area contributed by atoms with Gasteiger partial charge in [0.05, 0.1) is 18.2 Å². The van der Waals surface area contributed by atoms with E-state index in [1.54, 1.807) is 17.3 Å². The minimum absolute atomic E-state index is 0.0445. The van der Waals surface area contributed by atoms with Crippen LogP contribution in [0.3, 0.4) is 0 Å². The number of anilines is 2. The maximum absolute atomic E-state index is 13.4. The number of nitrogens with zero attached hydrogens (tertiary/aromatic N) is 7. The largest absolute Gasteiger partial charge is 0.476 e. The van der Waals surface area contributed by atoms with Crippen molar-refractivity contribution in [3.63, 3.8) is 0 Å². The highest BCUT2D eigenvalue weighted by molar-refractivity contribution is 8.00. The van der Waals surface area contributed by atoms with Gasteiger partial charge in [-0.1, -0.05) is 63.9 Å². The molecule has 0 amide bonds. The first-order valence-corrected chi connectivity index (χ1v) is 18.6. The number of hydrogen-bond acceptors (Lipinski definition) is 9. The van der Waals surface area contributed by atoms with Crippen molar-refractivity contribution < 1.29 is 26.7 Å². The lowest BCUT2D eigenvalue weighted by molar-refractivity contribution is -0.219. The summed E-state index contributed by atoms with van der Waals surface area (Å²) in [4.78, 5) is 18.5. The number of halogens is 5. The van der Waals surface area contributed by atoms with E-state index < -0.39 is 24.6 Å². The Labute approximate surface area is 307 Å². The summed E-state index contributed by atoms with van der Waals surface area (Å²) in [6.45, 7) is 9.62. The fraction of sp³-hybridized carbons (Fsp3) is 0.514. The number of benzene rings is 1. The Balaban J connectivity index is 0.00000297. The van der Waals surface area contributed by atoms with Gasteiger partial charge in [-0.15, -0.1) is 5.10 Å². The van der Waals surface area contributed by atoms with Crippen LogP contribution in [0.1, 0.15) is 65.9 Å². The molecular weight excluding hydrogens is 700 g/mol. The Morgan fingerprint density at radius 3 is 2.50 bits per heavy atom. The summed E-state index contributed by atoms with van der Waals surface area (Å²) < 4.78 is 76.7. The summed E-state index contributed by atoms with van der Waals surface area (Å²) in [5.41, 5.74) is 0.462. The molecule has 0 aliphatic carbocycles. The first-order chi connectivity index (χ1) is 24.9. The molecule has 1 aliphatic heterocycles. The third kappa shape index (κ3) is 11.3. The van der Waals surface area contributed by atoms with Crippen molar-refractivity contribution >= 4 is 23.6 Å². The monoisotopic (exact) mass is 748 g/mol. The molecule has 9 nitrogen and oxygen atoms in total. The van der Waals surface area contributed by atoms with Gasteiger partial charge in [0.1, 0.15) is 23.1 Å². The number of alkyl halides is 5. The quantitative estimate of drug-likeness (QED) is 0.126. The summed E-state index contributed by atoms with van der Waals surface area (Å²) in [6, 6.07) is 15.2. The van der Waals surface area contributed by atoms with E-state index in [2.05, 4.69) is 20.8 Å². The third-order valence-electron chi connectivity index (χ3n) is 8.60. The van der Waals surface area contributed by atoms with Gasteiger partial charge < -0.3 is 14.4 Å². The van der Waals surface area contributed by atoms with E-state index in [9.17, 15) is 22.0 Å². The number of ether oxygens (including phenoxy) is 1. The molecule has 1 N–H and O–H groups in total. The predicted octanol–water partition coefficient (Wildman–Crippen LogP) is 9.35. The Hall–Kier alpha value is -3.98. The molecule has 1 aromatic carbocycles. The first kappa shape index (κ1) is 40.8. The highest BCUT2D eigenvalue weighted by atomic mass is 32.2. The molecular formula is C37H49F5N8OS. The van der Waals surface area contributed by atoms with Crippen molar-refractivity contribution in [2.24, 2.45) is 5.41 Å². The minimum Gasteiger partial charge on any atom is -0.476 e. The van der Waals surface area contributed by atoms with Gasteiger partial charge in [-0.3, -0.25) is 4.90 Å². The van der Waals surface area contributed by atoms with E-state index in [1.165, 1.54) is 22.7 Å². The van der Waals surface area contributed by atoms with Gasteiger partial charge in [0.2, 0.25) is 5.88 Å². The number of nitrogens with one attached hydrogen (secondary N) is 1. The lowest BCUT2D eigenvalue weighted by atomic mass is 9.94. The Morgan fingerprint density at radius 2 is 1.75 bits per heavy atom. The van der Waals surface area contributed by atoms with Crippen LogP contribution in [-0.4, -0.2) is 81.6 Å². The summed E-state index contributed by atoms with van der Waals surface area (Å²) in [7, 11) is 0. The van der Waals surface area contributed by atoms with Crippen LogP contribution in [-0.2, 0) is 6.42 Å². The molecule has 284 valence electrons. The second-order valence-electron chi connectivity index (χ2n) is 12.8. The molecule has 52 heavy (non-hydrogen) atoms. The Morgan fingerprint density at radius 1 is 0.981 bits per heavy atom. The number of aromatic nitrogens is 5. The molecule has 0 fully saturated rings. The third-order valence-corrected chi connectivity index (χ3v) is 9.35. The van der Waals surface area contributed by atoms with Crippen LogP contribution < -0.4 is 14.4 Å². The van der Waals surface area contributed by atoms with Gasteiger partial charge in [-0.2, -0.15) is 13.2 Å². The van der Waals surface area contributed by atoms with E-state index >= 15 is 0 Å². The van der Waals surface area contributed by atoms with Crippen LogP contribution in [0.4, 0.5) is 33.6 Å². The second-order valence-corrected chi connectivity index (χ2v) is 13.7. The molecule has 15 heteroatoms. The summed E-state index contributed by atoms with van der Waals surface area (Å²) in [5, 5.41) is 5.10. The smallest absolute Gasteiger partial charge is 0.397 e. The van der Waals surface area contributed by atoms with Crippen molar-refractivity contribution in [1.82, 2.24) is 29.6 Å². The number of hydrogen-bond donors (Lipinski definition) is 1. The summed E-state index contributed by atoms with van der Waals surface area (Å²) in [5.74, 6) is 1.69. The zero-order valence-electron chi connectivity index (χ0n) is 30.5. The van der Waals surface area contributed by atoms with Crippen LogP contribution in [0.15, 0.2) is 66.0 Å². The zero-order chi connectivity index (χ0) is 37.7. The molecule has 4 heterocycles. The van der Waals surface area contributed by atoms with Crippen molar-refractivity contribution in [1.29, 1.82) is 0 Å². The van der Waals surface area contributed by atoms with E-state index in [-0.39, 0.29) is 12.4 Å². The SMILES string of the molecule is CC.CCN(CCN1CCCCCCc2ccccc2-c2nc(cnc2-n2ccc(OCC(C)(C)C(F)(F)F)n2)NSc2cccc1n2)CC(F)F. The number of pyridine rings is 1. The molecule has 3 aromatic heterocycles. The summed E-state index contributed by atoms with van der Waals surface area (Å²) >= 11 is 1.27. The maximum atomic E-state index is 13.4. The number of aryl methyl sites for hydroxylation is 1. The molecule has 0 radical (unpaired) electrons. The topological polar surface area (TPSA) is 84.2 Å². The van der Waals surface area contributed by atoms with Crippen molar-refractivity contribution in [3.05, 3.63) is 66.5 Å². The fourth-order valence-corrected chi connectivity index (χ4v) is 6.07. The zero-order valence-corrected chi connectivity index (χ0v) is 31.3. The van der Waals surface area contributed by atoms with Crippen LogP contribution in [0.2, 0.25) is 0 Å². The van der Waals surface area contributed by atoms with E-state index in [1.807, 2.05) is 57.2 Å². The first-order valence-electron chi connectivity index (χ1n) is 17.8. The lowest BCUT2D eigenvalue weighted by Gasteiger charge is -2.28. The van der Waals surface area contributed by atoms with Crippen molar-refractivity contribution in [2.45, 2.75) is 84.4 Å². The minimum atomic E-state index is -4.43. The molecule has 1 aliphatic rings. The van der Waals surface area contributed by atoms with Crippen LogP contribution in [0.5, 0.6) is 5.88 Å². The molecule has 5 rings (SSSR count). The average molecular weight is 749 g/mol. The van der Waals surface area contributed by atoms with Crippen molar-refractivity contribution in [2.75, 3.05) is 49.0 Å². The highest BCUT2D eigenvalue weighted by Gasteiger charge is 2.48. The van der Waals surface area contributed by atoms with E-state index in [0.29, 0.717) is 42.0 Å². The van der Waals surface area contributed by atoms with Crippen LogP contribution in [0, 0.1) is 5.41 Å². The molecule has 0 saturated heterocycles. The van der Waals surface area contributed by atoms with E-state index in [0.717, 1.165) is 69.4 Å². The maximum Gasteiger partial charge on any atom is 0.397 e. The molecule has 4 aromatic rings. The van der Waals surface area contributed by atoms with Gasteiger partial charge >= 0.3 is 6.18 Å². The normalized spacial score (nSPS) is 14.3. The van der Waals surface area contributed by atoms with Gasteiger partial charge in [0.25, 0.3) is 6.43 Å². The Bertz CT molecular complexity index is 1690. The van der Waals surface area contributed by atoms with Crippen molar-refractivity contribution in [3.8, 4) is 23.0 Å². The Kier molecular flexibility index (Phi) is 15.1. The molecule has 0 spiro atoms. The van der Waals surface area contributed by atoms with Crippen LogP contribution >= 0.6 is 11.9 Å². The van der Waals surface area contributed by atoms with Gasteiger partial charge in [0, 0.05) is 49.4 Å². The number of rotatable bonds is 10. The number of fused-ring (bicyclic) bond motifs is 6. The standard InChI is InChI=1S/C35H43F5N8OS.C2H6/c1-4-46(23-27(36)37)20-21-47-18-10-6-5-7-12-25-13-8-9-14-26(25)32-33(41-22-28(42-32)45-50-31-16-11-15-29(47)43-31)48-19-17-30(44-48)49-24-34(2,3)35(38,39)40;1-2/h8-9,11,13-17,19,22,27H,4-7,10,12,18,20-21,23-24H2,1-3H3,(H,42,45);1-2H3.